The van der Waals surface area contributed by atoms with Gasteiger partial charge < -0.3 is 19.3 Å². The number of nitrogens with zero attached hydrogens (tertiary/aromatic N) is 2. The van der Waals surface area contributed by atoms with E-state index in [0.717, 1.165) is 0 Å². The lowest BCUT2D eigenvalue weighted by Gasteiger charge is -2.33. The molecule has 1 heterocycles. The summed E-state index contributed by atoms with van der Waals surface area (Å²) in [6.07, 6.45) is -0.388. The monoisotopic (exact) mass is 258 g/mol. The molecule has 7 heteroatoms. The van der Waals surface area contributed by atoms with Crippen molar-refractivity contribution in [2.75, 3.05) is 39.4 Å². The minimum Gasteiger partial charge on any atom is -0.459 e. The Labute approximate surface area is 106 Å². The Hall–Kier alpha value is -1.79. The number of rotatable bonds is 2. The van der Waals surface area contributed by atoms with E-state index in [9.17, 15) is 14.4 Å². The number of hydrogen-bond acceptors (Lipinski definition) is 5. The van der Waals surface area contributed by atoms with Crippen LogP contribution in [-0.2, 0) is 19.1 Å². The van der Waals surface area contributed by atoms with Gasteiger partial charge in [0.25, 0.3) is 0 Å². The molecule has 0 aromatic rings. The number of amides is 2. The van der Waals surface area contributed by atoms with Gasteiger partial charge in [-0.3, -0.25) is 4.79 Å². The summed E-state index contributed by atoms with van der Waals surface area (Å²) in [5.41, 5.74) is 0. The van der Waals surface area contributed by atoms with Crippen LogP contribution >= 0.6 is 0 Å². The van der Waals surface area contributed by atoms with Crippen molar-refractivity contribution >= 4 is 18.0 Å². The molecule has 1 fully saturated rings. The first-order chi connectivity index (χ1) is 8.60. The number of ether oxygens (including phenoxy) is 2. The van der Waals surface area contributed by atoms with Gasteiger partial charge in [0.05, 0.1) is 13.2 Å². The van der Waals surface area contributed by atoms with Crippen LogP contribution in [0.4, 0.5) is 4.79 Å². The fraction of sp³-hybridized carbons (Fsp3) is 0.727. The summed E-state index contributed by atoms with van der Waals surface area (Å²) in [6.45, 7) is 5.23. The Kier molecular flexibility index (Phi) is 5.41. The molecule has 7 nitrogen and oxygen atoms in total. The quantitative estimate of drug-likeness (QED) is 0.508. The second-order valence-electron chi connectivity index (χ2n) is 3.70. The number of esters is 1. The van der Waals surface area contributed by atoms with Crippen molar-refractivity contribution in [2.24, 2.45) is 0 Å². The lowest BCUT2D eigenvalue weighted by atomic mass is 10.3. The van der Waals surface area contributed by atoms with Crippen molar-refractivity contribution in [3.8, 4) is 0 Å². The first-order valence-electron chi connectivity index (χ1n) is 5.97. The van der Waals surface area contributed by atoms with Gasteiger partial charge in [-0.05, 0) is 13.8 Å². The van der Waals surface area contributed by atoms with E-state index in [1.165, 1.54) is 9.80 Å². The van der Waals surface area contributed by atoms with E-state index in [4.69, 9.17) is 4.74 Å². The summed E-state index contributed by atoms with van der Waals surface area (Å²) in [4.78, 5) is 37.2. The van der Waals surface area contributed by atoms with Gasteiger partial charge >= 0.3 is 18.0 Å². The number of piperazine rings is 1. The van der Waals surface area contributed by atoms with Gasteiger partial charge in [-0.15, -0.1) is 0 Å². The molecular formula is C11H18N2O5. The standard InChI is InChI=1S/C11H18N2O5/c1-3-17-10(15)9(14)12-5-7-13(8-6-12)11(16)18-4-2/h3-8H2,1-2H3. The van der Waals surface area contributed by atoms with Crippen LogP contribution in [0.2, 0.25) is 0 Å². The third-order valence-corrected chi connectivity index (χ3v) is 2.54. The average Bonchev–Trinajstić information content (AvgIpc) is 2.38. The van der Waals surface area contributed by atoms with E-state index >= 15 is 0 Å². The molecule has 2 amide bonds. The Morgan fingerprint density at radius 3 is 1.89 bits per heavy atom. The third kappa shape index (κ3) is 3.61. The zero-order valence-corrected chi connectivity index (χ0v) is 10.7. The fourth-order valence-electron chi connectivity index (χ4n) is 1.63. The zero-order valence-electron chi connectivity index (χ0n) is 10.7. The molecular weight excluding hydrogens is 240 g/mol. The smallest absolute Gasteiger partial charge is 0.409 e. The third-order valence-electron chi connectivity index (χ3n) is 2.54. The molecule has 1 aliphatic rings. The minimum absolute atomic E-state index is 0.174. The zero-order chi connectivity index (χ0) is 13.5. The summed E-state index contributed by atoms with van der Waals surface area (Å²) in [6, 6.07) is 0. The molecule has 18 heavy (non-hydrogen) atoms. The maximum Gasteiger partial charge on any atom is 0.409 e. The summed E-state index contributed by atoms with van der Waals surface area (Å²) in [7, 11) is 0. The largest absolute Gasteiger partial charge is 0.459 e. The molecule has 0 bridgehead atoms. The average molecular weight is 258 g/mol. The van der Waals surface area contributed by atoms with Crippen LogP contribution in [0.1, 0.15) is 13.8 Å². The van der Waals surface area contributed by atoms with Gasteiger partial charge in [0.1, 0.15) is 0 Å². The second-order valence-corrected chi connectivity index (χ2v) is 3.70. The minimum atomic E-state index is -0.845. The van der Waals surface area contributed by atoms with Crippen LogP contribution in [0.15, 0.2) is 0 Å². The van der Waals surface area contributed by atoms with Gasteiger partial charge in [0, 0.05) is 26.2 Å². The molecule has 0 spiro atoms. The van der Waals surface area contributed by atoms with Gasteiger partial charge in [-0.25, -0.2) is 9.59 Å². The molecule has 1 aliphatic heterocycles. The highest BCUT2D eigenvalue weighted by molar-refractivity contribution is 6.32. The molecule has 0 aliphatic carbocycles. The van der Waals surface area contributed by atoms with Crippen molar-refractivity contribution in [1.82, 2.24) is 9.80 Å². The molecule has 0 aromatic carbocycles. The van der Waals surface area contributed by atoms with Crippen molar-refractivity contribution in [2.45, 2.75) is 13.8 Å². The molecule has 0 aromatic heterocycles. The molecule has 0 N–H and O–H groups in total. The fourth-order valence-corrected chi connectivity index (χ4v) is 1.63. The summed E-state index contributed by atoms with van der Waals surface area (Å²) < 4.78 is 9.49. The van der Waals surface area contributed by atoms with E-state index in [1.807, 2.05) is 0 Å². The molecule has 1 rings (SSSR count). The van der Waals surface area contributed by atoms with Crippen LogP contribution in [0.3, 0.4) is 0 Å². The van der Waals surface area contributed by atoms with Gasteiger partial charge in [-0.1, -0.05) is 0 Å². The van der Waals surface area contributed by atoms with Gasteiger partial charge in [0.15, 0.2) is 0 Å². The summed E-state index contributed by atoms with van der Waals surface area (Å²) in [5.74, 6) is -1.50. The SMILES string of the molecule is CCOC(=O)C(=O)N1CCN(C(=O)OCC)CC1. The highest BCUT2D eigenvalue weighted by Gasteiger charge is 2.28. The molecule has 0 unspecified atom stereocenters. The lowest BCUT2D eigenvalue weighted by Crippen LogP contribution is -2.52. The molecule has 1 saturated heterocycles. The number of hydrogen-bond donors (Lipinski definition) is 0. The van der Waals surface area contributed by atoms with Crippen molar-refractivity contribution in [3.05, 3.63) is 0 Å². The Bertz CT molecular complexity index is 323. The van der Waals surface area contributed by atoms with E-state index in [-0.39, 0.29) is 12.7 Å². The highest BCUT2D eigenvalue weighted by atomic mass is 16.6. The highest BCUT2D eigenvalue weighted by Crippen LogP contribution is 2.04. The van der Waals surface area contributed by atoms with Crippen LogP contribution in [0.5, 0.6) is 0 Å². The predicted molar refractivity (Wildman–Crippen MR) is 61.8 cm³/mol. The van der Waals surface area contributed by atoms with Crippen molar-refractivity contribution in [3.63, 3.8) is 0 Å². The first kappa shape index (κ1) is 14.3. The summed E-state index contributed by atoms with van der Waals surface area (Å²) >= 11 is 0. The van der Waals surface area contributed by atoms with Crippen LogP contribution in [0.25, 0.3) is 0 Å². The molecule has 0 saturated carbocycles. The molecule has 102 valence electrons. The maximum absolute atomic E-state index is 11.6. The topological polar surface area (TPSA) is 76.2 Å². The van der Waals surface area contributed by atoms with Crippen molar-refractivity contribution in [1.29, 1.82) is 0 Å². The van der Waals surface area contributed by atoms with E-state index < -0.39 is 11.9 Å². The van der Waals surface area contributed by atoms with E-state index in [0.29, 0.717) is 32.8 Å². The molecule has 0 atom stereocenters. The van der Waals surface area contributed by atoms with Crippen LogP contribution in [-0.4, -0.2) is 67.2 Å². The Morgan fingerprint density at radius 1 is 0.889 bits per heavy atom. The van der Waals surface area contributed by atoms with Gasteiger partial charge in [-0.2, -0.15) is 0 Å². The normalized spacial score (nSPS) is 15.2. The van der Waals surface area contributed by atoms with Gasteiger partial charge in [0.2, 0.25) is 0 Å². The van der Waals surface area contributed by atoms with E-state index in [2.05, 4.69) is 4.74 Å². The Balaban J connectivity index is 2.41. The second kappa shape index (κ2) is 6.83. The van der Waals surface area contributed by atoms with Crippen LogP contribution < -0.4 is 0 Å². The molecule has 0 radical (unpaired) electrons. The maximum atomic E-state index is 11.6. The Morgan fingerprint density at radius 2 is 1.39 bits per heavy atom. The van der Waals surface area contributed by atoms with Crippen LogP contribution in [0, 0.1) is 0 Å². The predicted octanol–water partition coefficient (Wildman–Crippen LogP) is -0.150. The summed E-state index contributed by atoms with van der Waals surface area (Å²) in [5, 5.41) is 0. The van der Waals surface area contributed by atoms with Crippen molar-refractivity contribution < 1.29 is 23.9 Å². The lowest BCUT2D eigenvalue weighted by molar-refractivity contribution is -0.160. The number of carbonyl (C=O) groups excluding carboxylic acids is 3. The van der Waals surface area contributed by atoms with E-state index in [1.54, 1.807) is 13.8 Å². The first-order valence-corrected chi connectivity index (χ1v) is 5.97. The number of carbonyl (C=O) groups is 3.